The molecule has 1 aromatic rings. The zero-order valence-corrected chi connectivity index (χ0v) is 15.4. The number of rotatable bonds is 2. The first-order valence-electron chi connectivity index (χ1n) is 8.64. The van der Waals surface area contributed by atoms with Crippen molar-refractivity contribution in [3.8, 4) is 0 Å². The molecular formula is C18H27BO2Si. The van der Waals surface area contributed by atoms with Gasteiger partial charge in [-0.25, -0.2) is 0 Å². The highest BCUT2D eigenvalue weighted by Gasteiger charge is 2.68. The van der Waals surface area contributed by atoms with Crippen molar-refractivity contribution in [3.63, 3.8) is 0 Å². The Morgan fingerprint density at radius 1 is 1.14 bits per heavy atom. The lowest BCUT2D eigenvalue weighted by Crippen LogP contribution is -2.63. The zero-order chi connectivity index (χ0) is 15.8. The van der Waals surface area contributed by atoms with Gasteiger partial charge in [-0.2, -0.15) is 0 Å². The van der Waals surface area contributed by atoms with Crippen LogP contribution in [-0.4, -0.2) is 26.4 Å². The Morgan fingerprint density at radius 2 is 1.82 bits per heavy atom. The minimum Gasteiger partial charge on any atom is -0.408 e. The van der Waals surface area contributed by atoms with E-state index < -0.39 is 7.94 Å². The maximum atomic E-state index is 6.61. The maximum absolute atomic E-state index is 6.61. The molecule has 0 radical (unpaired) electrons. The molecule has 0 spiro atoms. The first-order chi connectivity index (χ1) is 10.2. The summed E-state index contributed by atoms with van der Waals surface area (Å²) in [6.07, 6.45) is 2.78. The van der Waals surface area contributed by atoms with Gasteiger partial charge in [-0.15, -0.1) is 0 Å². The highest BCUT2D eigenvalue weighted by atomic mass is 28.3. The van der Waals surface area contributed by atoms with Crippen LogP contribution in [0.4, 0.5) is 0 Å². The molecule has 0 N–H and O–H groups in total. The molecule has 1 aromatic carbocycles. The van der Waals surface area contributed by atoms with E-state index in [9.17, 15) is 0 Å². The molecule has 1 heterocycles. The van der Waals surface area contributed by atoms with Crippen molar-refractivity contribution in [3.05, 3.63) is 30.3 Å². The van der Waals surface area contributed by atoms with E-state index in [1.54, 1.807) is 0 Å². The van der Waals surface area contributed by atoms with E-state index in [1.807, 2.05) is 0 Å². The van der Waals surface area contributed by atoms with E-state index in [-0.39, 0.29) is 18.4 Å². The molecule has 3 aliphatic carbocycles. The molecule has 0 amide bonds. The quantitative estimate of drug-likeness (QED) is 0.779. The number of hydrogen-bond acceptors (Lipinski definition) is 2. The fourth-order valence-electron chi connectivity index (χ4n) is 5.03. The van der Waals surface area contributed by atoms with Gasteiger partial charge in [-0.3, -0.25) is 0 Å². The van der Waals surface area contributed by atoms with Crippen molar-refractivity contribution in [2.24, 2.45) is 17.3 Å². The first-order valence-corrected chi connectivity index (χ1v) is 11.7. The Balaban J connectivity index is 1.62. The van der Waals surface area contributed by atoms with Gasteiger partial charge in [0.05, 0.1) is 11.7 Å². The third-order valence-corrected chi connectivity index (χ3v) is 10.2. The monoisotopic (exact) mass is 314 g/mol. The summed E-state index contributed by atoms with van der Waals surface area (Å²) in [7, 11) is -1.78. The molecule has 4 aliphatic rings. The third kappa shape index (κ3) is 1.87. The second-order valence-corrected chi connectivity index (χ2v) is 13.5. The van der Waals surface area contributed by atoms with Crippen LogP contribution < -0.4 is 5.19 Å². The minimum atomic E-state index is -1.78. The van der Waals surface area contributed by atoms with Gasteiger partial charge in [0, 0.05) is 0 Å². The molecule has 5 rings (SSSR count). The van der Waals surface area contributed by atoms with Gasteiger partial charge in [0.15, 0.2) is 0 Å². The van der Waals surface area contributed by atoms with Crippen molar-refractivity contribution in [1.82, 2.24) is 0 Å². The molecule has 2 bridgehead atoms. The summed E-state index contributed by atoms with van der Waals surface area (Å²) >= 11 is 0. The molecule has 4 fully saturated rings. The molecule has 0 aromatic heterocycles. The van der Waals surface area contributed by atoms with Crippen LogP contribution in [0.25, 0.3) is 0 Å². The van der Waals surface area contributed by atoms with E-state index in [4.69, 9.17) is 9.31 Å². The fraction of sp³-hybridized carbons (Fsp3) is 0.667. The van der Waals surface area contributed by atoms with Gasteiger partial charge in [0.1, 0.15) is 7.94 Å². The van der Waals surface area contributed by atoms with Gasteiger partial charge < -0.3 is 9.31 Å². The van der Waals surface area contributed by atoms with Crippen LogP contribution >= 0.6 is 0 Å². The average molecular weight is 314 g/mol. The van der Waals surface area contributed by atoms with E-state index in [1.165, 1.54) is 11.6 Å². The predicted octanol–water partition coefficient (Wildman–Crippen LogP) is 3.41. The highest BCUT2D eigenvalue weighted by molar-refractivity contribution is 7.33. The second kappa shape index (κ2) is 4.49. The van der Waals surface area contributed by atoms with Crippen LogP contribution in [-0.2, 0) is 9.31 Å². The molecule has 118 valence electrons. The maximum Gasteiger partial charge on any atom is 0.438 e. The SMILES string of the molecule is CC1(C)[C@H]2C[C@@H]1[C@@H]1OB([Si](C)(C)c3ccccc3)O[C@]1(C)C2. The normalized spacial score (nSPS) is 39.3. The van der Waals surface area contributed by atoms with Gasteiger partial charge in [0.2, 0.25) is 0 Å². The Labute approximate surface area is 135 Å². The Morgan fingerprint density at radius 3 is 2.45 bits per heavy atom. The lowest BCUT2D eigenvalue weighted by Gasteiger charge is -2.63. The van der Waals surface area contributed by atoms with Crippen molar-refractivity contribution in [1.29, 1.82) is 0 Å². The number of hydrogen-bond donors (Lipinski definition) is 0. The van der Waals surface area contributed by atoms with Crippen molar-refractivity contribution in [2.75, 3.05) is 0 Å². The lowest BCUT2D eigenvalue weighted by atomic mass is 9.45. The summed E-state index contributed by atoms with van der Waals surface area (Å²) in [5, 5.41) is 1.42. The third-order valence-electron chi connectivity index (χ3n) is 6.92. The molecule has 4 atom stereocenters. The van der Waals surface area contributed by atoms with E-state index >= 15 is 0 Å². The van der Waals surface area contributed by atoms with Gasteiger partial charge in [0.25, 0.3) is 0 Å². The van der Waals surface area contributed by atoms with Crippen molar-refractivity contribution < 1.29 is 9.31 Å². The number of benzene rings is 1. The largest absolute Gasteiger partial charge is 0.438 e. The predicted molar refractivity (Wildman–Crippen MR) is 93.7 cm³/mol. The Kier molecular flexibility index (Phi) is 3.06. The van der Waals surface area contributed by atoms with Gasteiger partial charge in [-0.1, -0.05) is 62.5 Å². The first kappa shape index (κ1) is 15.0. The molecule has 3 saturated carbocycles. The summed E-state index contributed by atoms with van der Waals surface area (Å²) in [6.45, 7) is 11.9. The van der Waals surface area contributed by atoms with Crippen molar-refractivity contribution >= 4 is 19.8 Å². The molecular weight excluding hydrogens is 287 g/mol. The molecule has 22 heavy (non-hydrogen) atoms. The van der Waals surface area contributed by atoms with Crippen LogP contribution in [0.2, 0.25) is 13.1 Å². The van der Waals surface area contributed by atoms with E-state index in [0.29, 0.717) is 11.3 Å². The molecule has 1 saturated heterocycles. The Hall–Kier alpha value is -0.578. The summed E-state index contributed by atoms with van der Waals surface area (Å²) in [6, 6.07) is 10.8. The van der Waals surface area contributed by atoms with Gasteiger partial charge >= 0.3 is 6.71 Å². The van der Waals surface area contributed by atoms with Gasteiger partial charge in [-0.05, 0) is 37.0 Å². The fourth-order valence-corrected chi connectivity index (χ4v) is 7.40. The molecule has 4 heteroatoms. The van der Waals surface area contributed by atoms with E-state index in [0.717, 1.165) is 12.3 Å². The van der Waals surface area contributed by atoms with Crippen LogP contribution in [0.5, 0.6) is 0 Å². The summed E-state index contributed by atoms with van der Waals surface area (Å²) in [4.78, 5) is 0. The molecule has 2 nitrogen and oxygen atoms in total. The molecule has 0 unspecified atom stereocenters. The van der Waals surface area contributed by atoms with Crippen LogP contribution in [0, 0.1) is 17.3 Å². The highest BCUT2D eigenvalue weighted by Crippen LogP contribution is 2.64. The van der Waals surface area contributed by atoms with Crippen LogP contribution in [0.15, 0.2) is 30.3 Å². The summed E-state index contributed by atoms with van der Waals surface area (Å²) in [5.41, 5.74) is 0.369. The summed E-state index contributed by atoms with van der Waals surface area (Å²) < 4.78 is 13.2. The standard InChI is InChI=1S/C18H27BO2Si/c1-17(2)13-11-15(17)16-18(3,12-13)21-19(20-16)22(4,5)14-9-7-6-8-10-14/h6-10,13,15-16H,11-12H2,1-5H3/t13-,15+,16-,18+/m0/s1. The minimum absolute atomic E-state index is 0.0138. The zero-order valence-electron chi connectivity index (χ0n) is 14.4. The topological polar surface area (TPSA) is 18.5 Å². The van der Waals surface area contributed by atoms with Crippen LogP contribution in [0.1, 0.15) is 33.6 Å². The smallest absolute Gasteiger partial charge is 0.408 e. The summed E-state index contributed by atoms with van der Waals surface area (Å²) in [5.74, 6) is 1.48. The van der Waals surface area contributed by atoms with E-state index in [2.05, 4.69) is 64.2 Å². The second-order valence-electron chi connectivity index (χ2n) is 8.97. The molecule has 1 aliphatic heterocycles. The Bertz CT molecular complexity index is 588. The van der Waals surface area contributed by atoms with Crippen molar-refractivity contribution in [2.45, 2.75) is 58.4 Å². The lowest BCUT2D eigenvalue weighted by molar-refractivity contribution is -0.185. The average Bonchev–Trinajstić information content (AvgIpc) is 2.86. The van der Waals surface area contributed by atoms with Crippen LogP contribution in [0.3, 0.4) is 0 Å².